The van der Waals surface area contributed by atoms with E-state index in [0.717, 1.165) is 0 Å². The highest BCUT2D eigenvalue weighted by molar-refractivity contribution is 5.89. The summed E-state index contributed by atoms with van der Waals surface area (Å²) < 4.78 is 4.63. The summed E-state index contributed by atoms with van der Waals surface area (Å²) in [7, 11) is 0. The van der Waals surface area contributed by atoms with Crippen LogP contribution in [-0.2, 0) is 14.3 Å². The molecule has 0 saturated carbocycles. The standard InChI is InChI=1S/C7H11NO4/c1-2-12-7(11)6-4(9)3-5(10)8-6/h4,6,9H,2-3H2,1H3,(H,8,10)/t4-,6+/m0/s1. The molecule has 5 nitrogen and oxygen atoms in total. The fourth-order valence-corrected chi connectivity index (χ4v) is 1.08. The first-order valence-electron chi connectivity index (χ1n) is 3.79. The van der Waals surface area contributed by atoms with Gasteiger partial charge < -0.3 is 15.2 Å². The van der Waals surface area contributed by atoms with E-state index in [-0.39, 0.29) is 18.9 Å². The average molecular weight is 173 g/mol. The first kappa shape index (κ1) is 8.99. The van der Waals surface area contributed by atoms with Crippen molar-refractivity contribution in [1.29, 1.82) is 0 Å². The second kappa shape index (κ2) is 3.53. The molecule has 0 aromatic carbocycles. The van der Waals surface area contributed by atoms with Crippen LogP contribution in [0, 0.1) is 0 Å². The maximum Gasteiger partial charge on any atom is 0.331 e. The number of carbonyl (C=O) groups is 2. The van der Waals surface area contributed by atoms with Gasteiger partial charge in [0, 0.05) is 0 Å². The van der Waals surface area contributed by atoms with E-state index < -0.39 is 18.1 Å². The number of esters is 1. The van der Waals surface area contributed by atoms with Crippen molar-refractivity contribution in [2.24, 2.45) is 0 Å². The van der Waals surface area contributed by atoms with Crippen molar-refractivity contribution in [1.82, 2.24) is 5.32 Å². The average Bonchev–Trinajstić information content (AvgIpc) is 2.30. The fourth-order valence-electron chi connectivity index (χ4n) is 1.08. The number of nitrogens with one attached hydrogen (secondary N) is 1. The zero-order valence-corrected chi connectivity index (χ0v) is 6.74. The minimum atomic E-state index is -0.948. The van der Waals surface area contributed by atoms with E-state index in [1.807, 2.05) is 0 Å². The van der Waals surface area contributed by atoms with E-state index >= 15 is 0 Å². The smallest absolute Gasteiger partial charge is 0.331 e. The van der Waals surface area contributed by atoms with Crippen molar-refractivity contribution in [2.45, 2.75) is 25.5 Å². The number of aliphatic hydroxyl groups excluding tert-OH is 1. The Balaban J connectivity index is 2.52. The van der Waals surface area contributed by atoms with E-state index in [0.29, 0.717) is 0 Å². The lowest BCUT2D eigenvalue weighted by Crippen LogP contribution is -2.40. The Morgan fingerprint density at radius 3 is 2.92 bits per heavy atom. The molecule has 12 heavy (non-hydrogen) atoms. The highest BCUT2D eigenvalue weighted by Crippen LogP contribution is 2.09. The van der Waals surface area contributed by atoms with Crippen LogP contribution in [0.5, 0.6) is 0 Å². The van der Waals surface area contributed by atoms with Gasteiger partial charge in [-0.15, -0.1) is 0 Å². The first-order chi connectivity index (χ1) is 5.65. The lowest BCUT2D eigenvalue weighted by Gasteiger charge is -2.11. The largest absolute Gasteiger partial charge is 0.464 e. The molecule has 0 aromatic heterocycles. The van der Waals surface area contributed by atoms with E-state index in [1.165, 1.54) is 0 Å². The molecule has 1 heterocycles. The molecule has 68 valence electrons. The van der Waals surface area contributed by atoms with Crippen LogP contribution in [0.3, 0.4) is 0 Å². The molecule has 0 spiro atoms. The Morgan fingerprint density at radius 1 is 1.83 bits per heavy atom. The van der Waals surface area contributed by atoms with Crippen LogP contribution in [0.1, 0.15) is 13.3 Å². The minimum absolute atomic E-state index is 0.0243. The maximum atomic E-state index is 11.0. The van der Waals surface area contributed by atoms with Crippen molar-refractivity contribution < 1.29 is 19.4 Å². The van der Waals surface area contributed by atoms with Crippen molar-refractivity contribution in [2.75, 3.05) is 6.61 Å². The Bertz CT molecular complexity index is 204. The summed E-state index contributed by atoms with van der Waals surface area (Å²) in [6.07, 6.45) is -0.972. The molecule has 1 amide bonds. The van der Waals surface area contributed by atoms with E-state index in [4.69, 9.17) is 0 Å². The molecular weight excluding hydrogens is 162 g/mol. The third-order valence-electron chi connectivity index (χ3n) is 1.64. The zero-order chi connectivity index (χ0) is 9.14. The second-order valence-electron chi connectivity index (χ2n) is 2.57. The number of hydrogen-bond donors (Lipinski definition) is 2. The van der Waals surface area contributed by atoms with Crippen LogP contribution in [0.2, 0.25) is 0 Å². The second-order valence-corrected chi connectivity index (χ2v) is 2.57. The molecule has 1 saturated heterocycles. The van der Waals surface area contributed by atoms with Crippen LogP contribution >= 0.6 is 0 Å². The van der Waals surface area contributed by atoms with Gasteiger partial charge in [-0.3, -0.25) is 4.79 Å². The van der Waals surface area contributed by atoms with Crippen molar-refractivity contribution in [3.8, 4) is 0 Å². The summed E-state index contributed by atoms with van der Waals surface area (Å²) >= 11 is 0. The predicted octanol–water partition coefficient (Wildman–Crippen LogP) is -1.20. The molecule has 1 aliphatic heterocycles. The normalized spacial score (nSPS) is 28.3. The molecule has 5 heteroatoms. The van der Waals surface area contributed by atoms with Gasteiger partial charge in [0.2, 0.25) is 5.91 Å². The van der Waals surface area contributed by atoms with E-state index in [2.05, 4.69) is 10.1 Å². The van der Waals surface area contributed by atoms with Crippen molar-refractivity contribution in [3.63, 3.8) is 0 Å². The third kappa shape index (κ3) is 1.73. The van der Waals surface area contributed by atoms with Gasteiger partial charge in [0.25, 0.3) is 0 Å². The summed E-state index contributed by atoms with van der Waals surface area (Å²) in [6.45, 7) is 1.92. The summed E-state index contributed by atoms with van der Waals surface area (Å²) in [6, 6.07) is -0.877. The van der Waals surface area contributed by atoms with Gasteiger partial charge in [-0.05, 0) is 6.92 Å². The highest BCUT2D eigenvalue weighted by atomic mass is 16.5. The molecule has 0 radical (unpaired) electrons. The molecule has 0 aromatic rings. The van der Waals surface area contributed by atoms with Crippen LogP contribution in [0.25, 0.3) is 0 Å². The predicted molar refractivity (Wildman–Crippen MR) is 39.2 cm³/mol. The van der Waals surface area contributed by atoms with Gasteiger partial charge in [-0.2, -0.15) is 0 Å². The Kier molecular flexibility index (Phi) is 2.65. The lowest BCUT2D eigenvalue weighted by molar-refractivity contribution is -0.147. The minimum Gasteiger partial charge on any atom is -0.464 e. The number of rotatable bonds is 2. The van der Waals surface area contributed by atoms with E-state index in [9.17, 15) is 14.7 Å². The topological polar surface area (TPSA) is 75.6 Å². The molecular formula is C7H11NO4. The van der Waals surface area contributed by atoms with Crippen LogP contribution < -0.4 is 5.32 Å². The SMILES string of the molecule is CCOC(=O)[C@@H]1NC(=O)C[C@@H]1O. The molecule has 2 atom stereocenters. The van der Waals surface area contributed by atoms with Crippen molar-refractivity contribution >= 4 is 11.9 Å². The van der Waals surface area contributed by atoms with Gasteiger partial charge in [-0.1, -0.05) is 0 Å². The van der Waals surface area contributed by atoms with Crippen molar-refractivity contribution in [3.05, 3.63) is 0 Å². The summed E-state index contributed by atoms with van der Waals surface area (Å²) in [5.74, 6) is -0.892. The quantitative estimate of drug-likeness (QED) is 0.514. The van der Waals surface area contributed by atoms with Gasteiger partial charge in [0.15, 0.2) is 6.04 Å². The molecule has 0 aliphatic carbocycles. The summed E-state index contributed by atoms with van der Waals surface area (Å²) in [5, 5.41) is 11.5. The molecule has 1 fully saturated rings. The number of carbonyl (C=O) groups excluding carboxylic acids is 2. The molecule has 1 rings (SSSR count). The number of amides is 1. The monoisotopic (exact) mass is 173 g/mol. The van der Waals surface area contributed by atoms with Gasteiger partial charge in [0.1, 0.15) is 0 Å². The zero-order valence-electron chi connectivity index (χ0n) is 6.74. The Hall–Kier alpha value is -1.10. The van der Waals surface area contributed by atoms with Crippen LogP contribution in [0.15, 0.2) is 0 Å². The fraction of sp³-hybridized carbons (Fsp3) is 0.714. The molecule has 2 N–H and O–H groups in total. The molecule has 0 unspecified atom stereocenters. The third-order valence-corrected chi connectivity index (χ3v) is 1.64. The van der Waals surface area contributed by atoms with E-state index in [1.54, 1.807) is 6.92 Å². The number of aliphatic hydroxyl groups is 1. The summed E-state index contributed by atoms with van der Waals surface area (Å²) in [5.41, 5.74) is 0. The number of ether oxygens (including phenoxy) is 1. The van der Waals surface area contributed by atoms with Gasteiger partial charge in [0.05, 0.1) is 19.1 Å². The Morgan fingerprint density at radius 2 is 2.50 bits per heavy atom. The maximum absolute atomic E-state index is 11.0. The van der Waals surface area contributed by atoms with Gasteiger partial charge in [-0.25, -0.2) is 4.79 Å². The Labute approximate surface area is 69.7 Å². The highest BCUT2D eigenvalue weighted by Gasteiger charge is 2.36. The van der Waals surface area contributed by atoms with Crippen LogP contribution in [0.4, 0.5) is 0 Å². The first-order valence-corrected chi connectivity index (χ1v) is 3.79. The lowest BCUT2D eigenvalue weighted by atomic mass is 10.2. The molecule has 1 aliphatic rings. The summed E-state index contributed by atoms with van der Waals surface area (Å²) in [4.78, 5) is 21.7. The van der Waals surface area contributed by atoms with Gasteiger partial charge >= 0.3 is 5.97 Å². The van der Waals surface area contributed by atoms with Crippen LogP contribution in [-0.4, -0.2) is 35.7 Å². The molecule has 0 bridgehead atoms. The number of hydrogen-bond acceptors (Lipinski definition) is 4.